The first-order valence-electron chi connectivity index (χ1n) is 7.93. The molecule has 2 aromatic carbocycles. The molecule has 0 aliphatic carbocycles. The Labute approximate surface area is 148 Å². The Balaban J connectivity index is 2.14. The van der Waals surface area contributed by atoms with Gasteiger partial charge in [-0.05, 0) is 36.6 Å². The molecule has 3 N–H and O–H groups in total. The van der Waals surface area contributed by atoms with E-state index in [9.17, 15) is 13.2 Å². The Morgan fingerprint density at radius 1 is 1.08 bits per heavy atom. The second-order valence-electron chi connectivity index (χ2n) is 6.10. The van der Waals surface area contributed by atoms with Crippen molar-refractivity contribution < 1.29 is 17.9 Å². The van der Waals surface area contributed by atoms with Crippen molar-refractivity contribution in [2.75, 3.05) is 0 Å². The number of amides is 1. The van der Waals surface area contributed by atoms with Gasteiger partial charge in [0.1, 0.15) is 11.5 Å². The lowest BCUT2D eigenvalue weighted by atomic mass is 10.0. The summed E-state index contributed by atoms with van der Waals surface area (Å²) in [5.41, 5.74) is 5.73. The molecule has 0 saturated heterocycles. The number of benzene rings is 2. The van der Waals surface area contributed by atoms with Gasteiger partial charge in [-0.2, -0.15) is 0 Å². The van der Waals surface area contributed by atoms with Crippen LogP contribution in [0.3, 0.4) is 0 Å². The van der Waals surface area contributed by atoms with Crippen molar-refractivity contribution in [3.8, 4) is 11.5 Å². The zero-order chi connectivity index (χ0) is 18.4. The fraction of sp³-hybridized carbons (Fsp3) is 0.278. The van der Waals surface area contributed by atoms with Crippen LogP contribution in [0.25, 0.3) is 0 Å². The zero-order valence-corrected chi connectivity index (χ0v) is 15.0. The topological polar surface area (TPSA) is 98.5 Å². The van der Waals surface area contributed by atoms with Crippen LogP contribution in [-0.4, -0.2) is 20.4 Å². The van der Waals surface area contributed by atoms with Crippen LogP contribution in [0, 0.1) is 5.92 Å². The van der Waals surface area contributed by atoms with Crippen molar-refractivity contribution >= 4 is 15.9 Å². The molecule has 6 nitrogen and oxygen atoms in total. The first-order valence-corrected chi connectivity index (χ1v) is 9.41. The summed E-state index contributed by atoms with van der Waals surface area (Å²) in [5, 5.41) is 0. The Kier molecular flexibility index (Phi) is 6.17. The Hall–Kier alpha value is -2.38. The fourth-order valence-corrected chi connectivity index (χ4v) is 3.27. The number of para-hydroxylation sites is 1. The summed E-state index contributed by atoms with van der Waals surface area (Å²) in [5.74, 6) is 0.405. The van der Waals surface area contributed by atoms with Gasteiger partial charge in [0.2, 0.25) is 0 Å². The van der Waals surface area contributed by atoms with Crippen molar-refractivity contribution in [2.24, 2.45) is 11.7 Å². The Morgan fingerprint density at radius 3 is 2.36 bits per heavy atom. The largest absolute Gasteiger partial charge is 0.457 e. The van der Waals surface area contributed by atoms with Crippen LogP contribution in [0.5, 0.6) is 11.5 Å². The molecule has 25 heavy (non-hydrogen) atoms. The SMILES string of the molecule is CC(C)C[C@H](N)C(=O)NS(=O)(=O)c1cccc(Oc2ccccc2)c1. The smallest absolute Gasteiger partial charge is 0.264 e. The molecule has 0 spiro atoms. The number of carbonyl (C=O) groups is 1. The van der Waals surface area contributed by atoms with E-state index in [1.807, 2.05) is 36.8 Å². The first-order chi connectivity index (χ1) is 11.8. The number of nitrogens with one attached hydrogen (secondary N) is 1. The number of hydrogen-bond donors (Lipinski definition) is 2. The van der Waals surface area contributed by atoms with Crippen LogP contribution in [0.2, 0.25) is 0 Å². The molecule has 0 radical (unpaired) electrons. The highest BCUT2D eigenvalue weighted by Crippen LogP contribution is 2.23. The molecule has 0 heterocycles. The van der Waals surface area contributed by atoms with Gasteiger partial charge >= 0.3 is 0 Å². The van der Waals surface area contributed by atoms with Gasteiger partial charge in [0.05, 0.1) is 10.9 Å². The zero-order valence-electron chi connectivity index (χ0n) is 14.2. The molecule has 0 aliphatic heterocycles. The Morgan fingerprint density at radius 2 is 1.72 bits per heavy atom. The van der Waals surface area contributed by atoms with E-state index in [2.05, 4.69) is 0 Å². The highest BCUT2D eigenvalue weighted by atomic mass is 32.2. The van der Waals surface area contributed by atoms with E-state index in [4.69, 9.17) is 10.5 Å². The van der Waals surface area contributed by atoms with Crippen molar-refractivity contribution in [3.63, 3.8) is 0 Å². The number of sulfonamides is 1. The van der Waals surface area contributed by atoms with Gasteiger partial charge < -0.3 is 10.5 Å². The highest BCUT2D eigenvalue weighted by molar-refractivity contribution is 7.90. The number of hydrogen-bond acceptors (Lipinski definition) is 5. The van der Waals surface area contributed by atoms with E-state index in [1.54, 1.807) is 24.3 Å². The van der Waals surface area contributed by atoms with Crippen molar-refractivity contribution in [2.45, 2.75) is 31.2 Å². The second-order valence-corrected chi connectivity index (χ2v) is 7.78. The number of ether oxygens (including phenoxy) is 1. The molecule has 0 fully saturated rings. The van der Waals surface area contributed by atoms with Gasteiger partial charge in [0, 0.05) is 6.07 Å². The third-order valence-corrected chi connectivity index (χ3v) is 4.74. The van der Waals surface area contributed by atoms with Crippen molar-refractivity contribution in [1.29, 1.82) is 0 Å². The molecular formula is C18H22N2O4S. The summed E-state index contributed by atoms with van der Waals surface area (Å²) in [6.07, 6.45) is 0.401. The minimum atomic E-state index is -4.01. The normalized spacial score (nSPS) is 12.6. The summed E-state index contributed by atoms with van der Waals surface area (Å²) in [6.45, 7) is 3.82. The van der Waals surface area contributed by atoms with Crippen molar-refractivity contribution in [3.05, 3.63) is 54.6 Å². The van der Waals surface area contributed by atoms with Crippen LogP contribution in [0.15, 0.2) is 59.5 Å². The molecule has 0 saturated carbocycles. The summed E-state index contributed by atoms with van der Waals surface area (Å²) >= 11 is 0. The van der Waals surface area contributed by atoms with E-state index in [0.29, 0.717) is 17.9 Å². The van der Waals surface area contributed by atoms with Crippen LogP contribution < -0.4 is 15.2 Å². The van der Waals surface area contributed by atoms with Crippen LogP contribution >= 0.6 is 0 Å². The number of carbonyl (C=O) groups excluding carboxylic acids is 1. The van der Waals surface area contributed by atoms with E-state index in [1.165, 1.54) is 12.1 Å². The van der Waals surface area contributed by atoms with E-state index in [-0.39, 0.29) is 10.8 Å². The third kappa shape index (κ3) is 5.58. The van der Waals surface area contributed by atoms with Crippen LogP contribution in [0.1, 0.15) is 20.3 Å². The van der Waals surface area contributed by atoms with Gasteiger partial charge in [-0.1, -0.05) is 38.1 Å². The molecule has 0 aliphatic rings. The average molecular weight is 362 g/mol. The lowest BCUT2D eigenvalue weighted by Gasteiger charge is -2.14. The highest BCUT2D eigenvalue weighted by Gasteiger charge is 2.23. The lowest BCUT2D eigenvalue weighted by Crippen LogP contribution is -2.43. The van der Waals surface area contributed by atoms with E-state index >= 15 is 0 Å². The van der Waals surface area contributed by atoms with Crippen LogP contribution in [-0.2, 0) is 14.8 Å². The molecule has 0 aromatic heterocycles. The van der Waals surface area contributed by atoms with Gasteiger partial charge in [0.15, 0.2) is 0 Å². The summed E-state index contributed by atoms with van der Waals surface area (Å²) < 4.78 is 32.4. The Bertz CT molecular complexity index is 820. The average Bonchev–Trinajstić information content (AvgIpc) is 2.55. The molecule has 7 heteroatoms. The molecule has 2 rings (SSSR count). The molecule has 1 atom stereocenters. The van der Waals surface area contributed by atoms with E-state index < -0.39 is 22.0 Å². The summed E-state index contributed by atoms with van der Waals surface area (Å²) in [6, 6.07) is 14.0. The van der Waals surface area contributed by atoms with E-state index in [0.717, 1.165) is 0 Å². The third-order valence-electron chi connectivity index (χ3n) is 3.39. The lowest BCUT2D eigenvalue weighted by molar-refractivity contribution is -0.120. The quantitative estimate of drug-likeness (QED) is 0.789. The van der Waals surface area contributed by atoms with Gasteiger partial charge in [0.25, 0.3) is 15.9 Å². The van der Waals surface area contributed by atoms with Gasteiger partial charge in [-0.25, -0.2) is 13.1 Å². The molecule has 2 aromatic rings. The molecule has 134 valence electrons. The second kappa shape index (κ2) is 8.13. The minimum absolute atomic E-state index is 0.0639. The monoisotopic (exact) mass is 362 g/mol. The minimum Gasteiger partial charge on any atom is -0.457 e. The molecular weight excluding hydrogens is 340 g/mol. The maximum absolute atomic E-state index is 12.4. The molecule has 1 amide bonds. The van der Waals surface area contributed by atoms with Gasteiger partial charge in [-0.3, -0.25) is 4.79 Å². The number of rotatable bonds is 7. The first kappa shape index (κ1) is 19.0. The molecule has 0 bridgehead atoms. The fourth-order valence-electron chi connectivity index (χ4n) is 2.21. The standard InChI is InChI=1S/C18H22N2O4S/c1-13(2)11-17(19)18(21)20-25(22,23)16-10-6-9-15(12-16)24-14-7-4-3-5-8-14/h3-10,12-13,17H,11,19H2,1-2H3,(H,20,21)/t17-/m0/s1. The van der Waals surface area contributed by atoms with Crippen molar-refractivity contribution in [1.82, 2.24) is 4.72 Å². The maximum atomic E-state index is 12.4. The van der Waals surface area contributed by atoms with Crippen LogP contribution in [0.4, 0.5) is 0 Å². The summed E-state index contributed by atoms with van der Waals surface area (Å²) in [7, 11) is -4.01. The predicted molar refractivity (Wildman–Crippen MR) is 95.7 cm³/mol. The summed E-state index contributed by atoms with van der Waals surface area (Å²) in [4.78, 5) is 11.9. The molecule has 0 unspecified atom stereocenters. The predicted octanol–water partition coefficient (Wildman–Crippen LogP) is 2.66. The van der Waals surface area contributed by atoms with Gasteiger partial charge in [-0.15, -0.1) is 0 Å². The maximum Gasteiger partial charge on any atom is 0.264 e. The number of nitrogens with two attached hydrogens (primary N) is 1.